The van der Waals surface area contributed by atoms with Crippen molar-refractivity contribution < 1.29 is 8.78 Å². The van der Waals surface area contributed by atoms with Gasteiger partial charge in [-0.05, 0) is 145 Å². The first-order valence-corrected chi connectivity index (χ1v) is 30.4. The molecule has 84 heavy (non-hydrogen) atoms. The number of aromatic nitrogens is 4. The minimum Gasteiger partial charge on any atom is -0.309 e. The molecule has 0 radical (unpaired) electrons. The van der Waals surface area contributed by atoms with Gasteiger partial charge in [-0.3, -0.25) is 0 Å². The Morgan fingerprint density at radius 2 is 0.619 bits per heavy atom. The lowest BCUT2D eigenvalue weighted by molar-refractivity contribution is 0.435. The Kier molecular flexibility index (Phi) is 11.4. The van der Waals surface area contributed by atoms with Crippen molar-refractivity contribution in [3.63, 3.8) is 0 Å². The van der Waals surface area contributed by atoms with Crippen LogP contribution in [-0.2, 0) is 0 Å². The Morgan fingerprint density at radius 3 is 1.02 bits per heavy atom. The zero-order valence-corrected chi connectivity index (χ0v) is 46.7. The fourth-order valence-corrected chi connectivity index (χ4v) is 15.8. The van der Waals surface area contributed by atoms with Crippen LogP contribution in [0.15, 0.2) is 231 Å². The van der Waals surface area contributed by atoms with Gasteiger partial charge in [-0.2, -0.15) is 0 Å². The molecule has 17 rings (SSSR count). The number of rotatable bonds is 8. The number of benzene rings is 11. The number of hydrogen-bond acceptors (Lipinski definition) is 0. The summed E-state index contributed by atoms with van der Waals surface area (Å²) >= 11 is 0. The van der Waals surface area contributed by atoms with Gasteiger partial charge in [0.25, 0.3) is 0 Å². The van der Waals surface area contributed by atoms with Gasteiger partial charge in [-0.25, -0.2) is 8.78 Å². The molecule has 4 heterocycles. The van der Waals surface area contributed by atoms with Gasteiger partial charge in [0.1, 0.15) is 11.6 Å². The van der Waals surface area contributed by atoms with Crippen molar-refractivity contribution in [2.75, 3.05) is 0 Å². The summed E-state index contributed by atoms with van der Waals surface area (Å²) in [6.45, 7) is 0. The molecule has 406 valence electrons. The third kappa shape index (κ3) is 7.35. The third-order valence-corrected chi connectivity index (χ3v) is 19.2. The highest BCUT2D eigenvalue weighted by Gasteiger charge is 2.38. The van der Waals surface area contributed by atoms with E-state index in [1.807, 2.05) is 24.3 Å². The standard InChI is InChI=1S/C78H60F2N4/c79-53-41-37-51(38-42-53)71-69(49-21-5-1-6-22-49)77(83-63-33-17-13-29-57(63)59-45-47-67-73(75(59)83)61-31-15-19-35-65(61)81(67)55-25-9-3-10-26-55)70(50-23-7-2-8-24-50)72(52-39-43-54(80)44-40-52)78(71)84-64-34-18-14-30-58(64)60-46-48-68-74(76(60)84)62-32-16-20-36-66(62)82(68)56-27-11-4-12-28-56/h3-4,9-20,25-50H,1-2,5-8,21-24H2. The molecule has 0 N–H and O–H groups in total. The SMILES string of the molecule is Fc1ccc(-c2c(C3CCCCC3)c(-n3c4ccccc4c4ccc5c(c6ccccc6n5-c5ccccc5)c43)c(C3CCCCC3)c(-c3ccc(F)cc3)c2-n2c3ccccc3c3ccc4c(c5ccccc5n4-c4ccccc4)c32)cc1. The number of fused-ring (bicyclic) bond motifs is 14. The second-order valence-electron chi connectivity index (χ2n) is 23.8. The van der Waals surface area contributed by atoms with E-state index in [-0.39, 0.29) is 23.5 Å². The van der Waals surface area contributed by atoms with E-state index in [0.29, 0.717) is 0 Å². The zero-order valence-electron chi connectivity index (χ0n) is 46.7. The molecule has 6 heteroatoms. The van der Waals surface area contributed by atoms with E-state index in [2.05, 4.69) is 200 Å². The van der Waals surface area contributed by atoms with Crippen molar-refractivity contribution >= 4 is 87.2 Å². The highest BCUT2D eigenvalue weighted by atomic mass is 19.1. The van der Waals surface area contributed by atoms with Gasteiger partial charge in [0, 0.05) is 65.6 Å². The molecule has 11 aromatic carbocycles. The summed E-state index contributed by atoms with van der Waals surface area (Å²) in [5, 5.41) is 9.46. The molecule has 0 spiro atoms. The van der Waals surface area contributed by atoms with Gasteiger partial charge in [0.05, 0.1) is 55.5 Å². The van der Waals surface area contributed by atoms with Crippen LogP contribution in [0.1, 0.15) is 87.2 Å². The molecule has 0 saturated heterocycles. The van der Waals surface area contributed by atoms with E-state index in [1.54, 1.807) is 24.3 Å². The summed E-state index contributed by atoms with van der Waals surface area (Å²) in [4.78, 5) is 0. The van der Waals surface area contributed by atoms with Crippen molar-refractivity contribution in [3.05, 3.63) is 253 Å². The van der Waals surface area contributed by atoms with Crippen LogP contribution >= 0.6 is 0 Å². The number of halogens is 2. The molecule has 0 bridgehead atoms. The predicted molar refractivity (Wildman–Crippen MR) is 346 cm³/mol. The molecule has 2 fully saturated rings. The van der Waals surface area contributed by atoms with Crippen LogP contribution in [0.4, 0.5) is 8.78 Å². The van der Waals surface area contributed by atoms with E-state index in [0.717, 1.165) is 140 Å². The lowest BCUT2D eigenvalue weighted by Crippen LogP contribution is -2.20. The molecule has 4 nitrogen and oxygen atoms in total. The molecule has 0 amide bonds. The maximum absolute atomic E-state index is 16.0. The second-order valence-corrected chi connectivity index (χ2v) is 23.8. The maximum Gasteiger partial charge on any atom is 0.123 e. The Morgan fingerprint density at radius 1 is 0.274 bits per heavy atom. The summed E-state index contributed by atoms with van der Waals surface area (Å²) in [5.74, 6) is -0.258. The number of hydrogen-bond donors (Lipinski definition) is 0. The molecule has 0 atom stereocenters. The summed E-state index contributed by atoms with van der Waals surface area (Å²) in [6, 6.07) is 81.6. The Hall–Kier alpha value is -9.52. The predicted octanol–water partition coefficient (Wildman–Crippen LogP) is 21.8. The quantitative estimate of drug-likeness (QED) is 0.145. The van der Waals surface area contributed by atoms with E-state index < -0.39 is 0 Å². The molecule has 0 unspecified atom stereocenters. The van der Waals surface area contributed by atoms with Crippen LogP contribution in [0.2, 0.25) is 0 Å². The second kappa shape index (κ2) is 19.6. The number of nitrogens with zero attached hydrogens (tertiary/aromatic N) is 4. The monoisotopic (exact) mass is 1090 g/mol. The minimum atomic E-state index is -0.274. The summed E-state index contributed by atoms with van der Waals surface area (Å²) in [5.41, 5.74) is 20.4. The van der Waals surface area contributed by atoms with Crippen LogP contribution in [0.5, 0.6) is 0 Å². The molecule has 4 aromatic heterocycles. The molecule has 15 aromatic rings. The molecular formula is C78H60F2N4. The van der Waals surface area contributed by atoms with Gasteiger partial charge in [-0.15, -0.1) is 0 Å². The third-order valence-electron chi connectivity index (χ3n) is 19.2. The van der Waals surface area contributed by atoms with Gasteiger partial charge in [-0.1, -0.05) is 184 Å². The fourth-order valence-electron chi connectivity index (χ4n) is 15.8. The van der Waals surface area contributed by atoms with Crippen molar-refractivity contribution in [3.8, 4) is 45.0 Å². The first kappa shape index (κ1) is 49.1. The van der Waals surface area contributed by atoms with Crippen molar-refractivity contribution in [2.24, 2.45) is 0 Å². The summed E-state index contributed by atoms with van der Waals surface area (Å²) in [7, 11) is 0. The zero-order chi connectivity index (χ0) is 55.6. The van der Waals surface area contributed by atoms with Crippen molar-refractivity contribution in [1.29, 1.82) is 0 Å². The Labute approximate surface area is 486 Å². The first-order valence-electron chi connectivity index (χ1n) is 30.4. The summed E-state index contributed by atoms with van der Waals surface area (Å²) in [6.07, 6.45) is 10.9. The first-order chi connectivity index (χ1) is 41.6. The lowest BCUT2D eigenvalue weighted by Gasteiger charge is -2.37. The van der Waals surface area contributed by atoms with Crippen LogP contribution in [0, 0.1) is 11.6 Å². The fraction of sp³-hybridized carbons (Fsp3) is 0.154. The highest BCUT2D eigenvalue weighted by Crippen LogP contribution is 2.57. The van der Waals surface area contributed by atoms with E-state index >= 15 is 8.78 Å². The molecule has 2 saturated carbocycles. The number of para-hydroxylation sites is 6. The van der Waals surface area contributed by atoms with E-state index in [9.17, 15) is 0 Å². The molecule has 0 aliphatic heterocycles. The average Bonchev–Trinajstić information content (AvgIpc) is 1.87. The normalized spacial score (nSPS) is 14.7. The highest BCUT2D eigenvalue weighted by molar-refractivity contribution is 6.28. The van der Waals surface area contributed by atoms with E-state index in [4.69, 9.17) is 0 Å². The maximum atomic E-state index is 16.0. The van der Waals surface area contributed by atoms with Crippen molar-refractivity contribution in [2.45, 2.75) is 76.0 Å². The lowest BCUT2D eigenvalue weighted by atomic mass is 9.72. The van der Waals surface area contributed by atoms with Crippen LogP contribution in [0.3, 0.4) is 0 Å². The topological polar surface area (TPSA) is 19.7 Å². The summed E-state index contributed by atoms with van der Waals surface area (Å²) < 4.78 is 42.2. The Balaban J connectivity index is 1.16. The van der Waals surface area contributed by atoms with Crippen LogP contribution < -0.4 is 0 Å². The minimum absolute atomic E-state index is 0.145. The molecular weight excluding hydrogens is 1030 g/mol. The van der Waals surface area contributed by atoms with E-state index in [1.165, 1.54) is 67.5 Å². The van der Waals surface area contributed by atoms with Crippen molar-refractivity contribution in [1.82, 2.24) is 18.3 Å². The largest absolute Gasteiger partial charge is 0.309 e. The Bertz CT molecular complexity index is 5000. The smallest absolute Gasteiger partial charge is 0.123 e. The average molecular weight is 1090 g/mol. The van der Waals surface area contributed by atoms with Crippen LogP contribution in [-0.4, -0.2) is 18.3 Å². The molecule has 2 aliphatic rings. The van der Waals surface area contributed by atoms with Crippen LogP contribution in [0.25, 0.3) is 132 Å². The van der Waals surface area contributed by atoms with Gasteiger partial charge >= 0.3 is 0 Å². The molecule has 2 aliphatic carbocycles. The van der Waals surface area contributed by atoms with Gasteiger partial charge in [0.2, 0.25) is 0 Å². The van der Waals surface area contributed by atoms with Gasteiger partial charge in [0.15, 0.2) is 0 Å². The van der Waals surface area contributed by atoms with Gasteiger partial charge < -0.3 is 18.3 Å².